The van der Waals surface area contributed by atoms with Crippen LogP contribution in [0.2, 0.25) is 5.02 Å². The zero-order valence-electron chi connectivity index (χ0n) is 15.2. The molecule has 144 valence electrons. The molecule has 0 bridgehead atoms. The quantitative estimate of drug-likeness (QED) is 0.246. The number of aryl methyl sites for hydroxylation is 2. The first-order valence-electron chi connectivity index (χ1n) is 8.28. The lowest BCUT2D eigenvalue weighted by Gasteiger charge is -2.11. The van der Waals surface area contributed by atoms with Gasteiger partial charge < -0.3 is 15.4 Å². The topological polar surface area (TPSA) is 71.4 Å². The number of thiazole rings is 1. The number of aliphatic imine (C=N–C) groups is 1. The number of nitrogens with zero attached hydrogens (tertiary/aromatic N) is 3. The minimum absolute atomic E-state index is 0. The van der Waals surface area contributed by atoms with Crippen molar-refractivity contribution in [3.8, 4) is 5.88 Å². The van der Waals surface area contributed by atoms with Crippen molar-refractivity contribution in [2.45, 2.75) is 27.2 Å². The molecule has 6 nitrogen and oxygen atoms in total. The number of rotatable bonds is 8. The number of hydrogen-bond acceptors (Lipinski definition) is 5. The van der Waals surface area contributed by atoms with E-state index in [0.29, 0.717) is 30.6 Å². The summed E-state index contributed by atoms with van der Waals surface area (Å²) in [5.74, 6) is 1.34. The maximum atomic E-state index is 5.79. The molecule has 2 aromatic heterocycles. The van der Waals surface area contributed by atoms with Gasteiger partial charge in [0.25, 0.3) is 0 Å². The summed E-state index contributed by atoms with van der Waals surface area (Å²) in [6.07, 6.45) is 2.42. The summed E-state index contributed by atoms with van der Waals surface area (Å²) in [6.45, 7) is 8.80. The molecule has 0 radical (unpaired) electrons. The normalized spacial score (nSPS) is 11.0. The molecule has 0 unspecified atom stereocenters. The SMILES string of the molecule is CCNC(=NCCc1nc(C)c(C)s1)NCCOc1ccc(Cl)cn1.I. The van der Waals surface area contributed by atoms with Crippen LogP contribution in [0.5, 0.6) is 5.88 Å². The summed E-state index contributed by atoms with van der Waals surface area (Å²) in [4.78, 5) is 14.5. The van der Waals surface area contributed by atoms with Crippen LogP contribution in [0.4, 0.5) is 0 Å². The number of aromatic nitrogens is 2. The van der Waals surface area contributed by atoms with Gasteiger partial charge in [-0.25, -0.2) is 9.97 Å². The van der Waals surface area contributed by atoms with Crippen LogP contribution in [0.3, 0.4) is 0 Å². The molecule has 0 fully saturated rings. The Balaban J connectivity index is 0.00000338. The van der Waals surface area contributed by atoms with Gasteiger partial charge in [0.1, 0.15) is 6.61 Å². The number of nitrogens with one attached hydrogen (secondary N) is 2. The lowest BCUT2D eigenvalue weighted by atomic mass is 10.4. The Morgan fingerprint density at radius 1 is 1.31 bits per heavy atom. The largest absolute Gasteiger partial charge is 0.476 e. The van der Waals surface area contributed by atoms with Gasteiger partial charge in [0.15, 0.2) is 5.96 Å². The molecule has 0 amide bonds. The number of ether oxygens (including phenoxy) is 1. The summed E-state index contributed by atoms with van der Waals surface area (Å²) in [5, 5.41) is 8.20. The van der Waals surface area contributed by atoms with E-state index in [0.717, 1.165) is 29.6 Å². The molecule has 0 atom stereocenters. The highest BCUT2D eigenvalue weighted by Gasteiger charge is 2.03. The van der Waals surface area contributed by atoms with Crippen LogP contribution in [0.25, 0.3) is 0 Å². The average molecular weight is 510 g/mol. The molecule has 2 heterocycles. The second-order valence-electron chi connectivity index (χ2n) is 5.35. The molecular weight excluding hydrogens is 485 g/mol. The summed E-state index contributed by atoms with van der Waals surface area (Å²) in [7, 11) is 0. The van der Waals surface area contributed by atoms with Gasteiger partial charge >= 0.3 is 0 Å². The van der Waals surface area contributed by atoms with Crippen molar-refractivity contribution < 1.29 is 4.74 Å². The van der Waals surface area contributed by atoms with E-state index < -0.39 is 0 Å². The summed E-state index contributed by atoms with van der Waals surface area (Å²) < 4.78 is 5.56. The van der Waals surface area contributed by atoms with Crippen molar-refractivity contribution in [1.29, 1.82) is 0 Å². The number of halogens is 2. The Hall–Kier alpha value is -1.13. The highest BCUT2D eigenvalue weighted by molar-refractivity contribution is 14.0. The van der Waals surface area contributed by atoms with Gasteiger partial charge in [0.2, 0.25) is 5.88 Å². The van der Waals surface area contributed by atoms with Gasteiger partial charge in [-0.1, -0.05) is 11.6 Å². The van der Waals surface area contributed by atoms with Crippen LogP contribution in [-0.2, 0) is 6.42 Å². The fourth-order valence-corrected chi connectivity index (χ4v) is 3.06. The van der Waals surface area contributed by atoms with Crippen molar-refractivity contribution in [3.63, 3.8) is 0 Å². The van der Waals surface area contributed by atoms with Crippen molar-refractivity contribution in [2.24, 2.45) is 4.99 Å². The predicted octanol–water partition coefficient (Wildman–Crippen LogP) is 3.60. The molecule has 0 saturated heterocycles. The molecular formula is C17H25ClIN5OS. The molecule has 0 aromatic carbocycles. The van der Waals surface area contributed by atoms with Crippen LogP contribution in [0, 0.1) is 13.8 Å². The smallest absolute Gasteiger partial charge is 0.213 e. The third kappa shape index (κ3) is 8.05. The molecule has 2 aromatic rings. The predicted molar refractivity (Wildman–Crippen MR) is 119 cm³/mol. The van der Waals surface area contributed by atoms with Gasteiger partial charge in [-0.2, -0.15) is 0 Å². The minimum Gasteiger partial charge on any atom is -0.476 e. The Kier molecular flexibility index (Phi) is 10.8. The lowest BCUT2D eigenvalue weighted by Crippen LogP contribution is -2.39. The fraction of sp³-hybridized carbons (Fsp3) is 0.471. The van der Waals surface area contributed by atoms with Gasteiger partial charge in [0.05, 0.1) is 22.3 Å². The van der Waals surface area contributed by atoms with E-state index in [4.69, 9.17) is 16.3 Å². The van der Waals surface area contributed by atoms with Crippen LogP contribution >= 0.6 is 46.9 Å². The van der Waals surface area contributed by atoms with E-state index in [1.165, 1.54) is 4.88 Å². The van der Waals surface area contributed by atoms with Gasteiger partial charge in [-0.3, -0.25) is 4.99 Å². The van der Waals surface area contributed by atoms with Gasteiger partial charge in [0, 0.05) is 36.7 Å². The van der Waals surface area contributed by atoms with E-state index in [2.05, 4.69) is 32.5 Å². The van der Waals surface area contributed by atoms with Crippen molar-refractivity contribution in [2.75, 3.05) is 26.2 Å². The zero-order chi connectivity index (χ0) is 18.1. The van der Waals surface area contributed by atoms with E-state index >= 15 is 0 Å². The van der Waals surface area contributed by atoms with E-state index in [-0.39, 0.29) is 24.0 Å². The third-order valence-electron chi connectivity index (χ3n) is 3.36. The molecule has 2 N–H and O–H groups in total. The molecule has 0 saturated carbocycles. The van der Waals surface area contributed by atoms with E-state index in [1.54, 1.807) is 29.7 Å². The number of pyridine rings is 1. The van der Waals surface area contributed by atoms with Crippen LogP contribution in [-0.4, -0.2) is 42.2 Å². The Bertz CT molecular complexity index is 673. The van der Waals surface area contributed by atoms with Crippen LogP contribution in [0.15, 0.2) is 23.3 Å². The molecule has 0 aliphatic heterocycles. The Morgan fingerprint density at radius 2 is 2.12 bits per heavy atom. The first kappa shape index (κ1) is 22.9. The zero-order valence-corrected chi connectivity index (χ0v) is 19.1. The maximum absolute atomic E-state index is 5.79. The van der Waals surface area contributed by atoms with E-state index in [9.17, 15) is 0 Å². The Labute approximate surface area is 180 Å². The van der Waals surface area contributed by atoms with Gasteiger partial charge in [-0.15, -0.1) is 35.3 Å². The first-order valence-corrected chi connectivity index (χ1v) is 9.47. The summed E-state index contributed by atoms with van der Waals surface area (Å²) in [5.41, 5.74) is 1.11. The minimum atomic E-state index is 0. The average Bonchev–Trinajstić information content (AvgIpc) is 2.91. The first-order chi connectivity index (χ1) is 12.1. The van der Waals surface area contributed by atoms with Crippen LogP contribution < -0.4 is 15.4 Å². The molecule has 2 rings (SSSR count). The standard InChI is InChI=1S/C17H24ClN5OS.HI/c1-4-19-17(20-8-7-16-23-12(2)13(3)25-16)21-9-10-24-15-6-5-14(18)11-22-15;/h5-6,11H,4,7-10H2,1-3H3,(H2,19,20,21);1H. The second-order valence-corrected chi connectivity index (χ2v) is 7.07. The van der Waals surface area contributed by atoms with Crippen molar-refractivity contribution in [1.82, 2.24) is 20.6 Å². The second kappa shape index (κ2) is 12.3. The van der Waals surface area contributed by atoms with E-state index in [1.807, 2.05) is 13.8 Å². The van der Waals surface area contributed by atoms with Gasteiger partial charge in [-0.05, 0) is 26.8 Å². The maximum Gasteiger partial charge on any atom is 0.213 e. The third-order valence-corrected chi connectivity index (χ3v) is 4.71. The highest BCUT2D eigenvalue weighted by Crippen LogP contribution is 2.16. The number of guanidine groups is 1. The number of hydrogen-bond donors (Lipinski definition) is 2. The highest BCUT2D eigenvalue weighted by atomic mass is 127. The van der Waals surface area contributed by atoms with Crippen LogP contribution in [0.1, 0.15) is 22.5 Å². The monoisotopic (exact) mass is 509 g/mol. The molecule has 0 aliphatic rings. The molecule has 9 heteroatoms. The molecule has 26 heavy (non-hydrogen) atoms. The molecule has 0 aliphatic carbocycles. The summed E-state index contributed by atoms with van der Waals surface area (Å²) in [6, 6.07) is 3.50. The summed E-state index contributed by atoms with van der Waals surface area (Å²) >= 11 is 7.54. The lowest BCUT2D eigenvalue weighted by molar-refractivity contribution is 0.309. The molecule has 0 spiro atoms. The fourth-order valence-electron chi connectivity index (χ4n) is 2.02. The Morgan fingerprint density at radius 3 is 2.73 bits per heavy atom. The van der Waals surface area contributed by atoms with Crippen molar-refractivity contribution >= 4 is 52.9 Å². The van der Waals surface area contributed by atoms with Crippen molar-refractivity contribution in [3.05, 3.63) is 38.9 Å².